The zero-order valence-electron chi connectivity index (χ0n) is 14.7. The van der Waals surface area contributed by atoms with Gasteiger partial charge in [0.05, 0.1) is 11.1 Å². The topological polar surface area (TPSA) is 76.7 Å². The number of rotatable bonds is 7. The van der Waals surface area contributed by atoms with Crippen LogP contribution in [0.25, 0.3) is 0 Å². The number of carbonyl (C=O) groups is 2. The monoisotopic (exact) mass is 420 g/mol. The van der Waals surface area contributed by atoms with Crippen molar-refractivity contribution in [2.45, 2.75) is 20.3 Å². The Morgan fingerprint density at radius 3 is 2.50 bits per heavy atom. The first-order valence-corrected chi connectivity index (χ1v) is 9.00. The Morgan fingerprint density at radius 1 is 1.04 bits per heavy atom. The van der Waals surface area contributed by atoms with Gasteiger partial charge in [-0.2, -0.15) is 0 Å². The van der Waals surface area contributed by atoms with Crippen molar-refractivity contribution in [3.63, 3.8) is 0 Å². The van der Waals surface area contributed by atoms with Gasteiger partial charge < -0.3 is 9.47 Å². The molecular formula is C19H21BrN2O4. The molecule has 0 saturated heterocycles. The van der Waals surface area contributed by atoms with Gasteiger partial charge in [0.1, 0.15) is 11.5 Å². The van der Waals surface area contributed by atoms with Gasteiger partial charge >= 0.3 is 0 Å². The van der Waals surface area contributed by atoms with E-state index in [4.69, 9.17) is 9.47 Å². The van der Waals surface area contributed by atoms with Crippen LogP contribution in [0.15, 0.2) is 46.9 Å². The molecule has 0 spiro atoms. The van der Waals surface area contributed by atoms with Crippen LogP contribution in [0.3, 0.4) is 0 Å². The van der Waals surface area contributed by atoms with Crippen molar-refractivity contribution in [2.24, 2.45) is 0 Å². The van der Waals surface area contributed by atoms with Crippen LogP contribution in [0.1, 0.15) is 29.3 Å². The largest absolute Gasteiger partial charge is 0.492 e. The van der Waals surface area contributed by atoms with Crippen LogP contribution in [0.5, 0.6) is 11.5 Å². The average molecular weight is 421 g/mol. The van der Waals surface area contributed by atoms with Crippen molar-refractivity contribution in [1.82, 2.24) is 10.9 Å². The minimum Gasteiger partial charge on any atom is -0.492 e. The van der Waals surface area contributed by atoms with Crippen LogP contribution in [0.2, 0.25) is 0 Å². The van der Waals surface area contributed by atoms with Gasteiger partial charge in [0.15, 0.2) is 6.61 Å². The minimum atomic E-state index is -0.455. The van der Waals surface area contributed by atoms with E-state index in [1.807, 2.05) is 32.0 Å². The molecule has 2 aromatic carbocycles. The number of hydrogen-bond acceptors (Lipinski definition) is 4. The summed E-state index contributed by atoms with van der Waals surface area (Å²) in [5, 5.41) is 0. The van der Waals surface area contributed by atoms with Gasteiger partial charge in [0, 0.05) is 5.56 Å². The van der Waals surface area contributed by atoms with Crippen molar-refractivity contribution in [3.8, 4) is 11.5 Å². The lowest BCUT2D eigenvalue weighted by Crippen LogP contribution is -2.43. The zero-order chi connectivity index (χ0) is 18.9. The molecule has 0 aliphatic heterocycles. The Bertz CT molecular complexity index is 780. The molecule has 7 heteroatoms. The van der Waals surface area contributed by atoms with E-state index in [-0.39, 0.29) is 6.61 Å². The first-order valence-electron chi connectivity index (χ1n) is 8.21. The van der Waals surface area contributed by atoms with Gasteiger partial charge in [-0.15, -0.1) is 0 Å². The van der Waals surface area contributed by atoms with Crippen molar-refractivity contribution < 1.29 is 19.1 Å². The number of amides is 2. The molecule has 0 aliphatic carbocycles. The molecule has 0 heterocycles. The molecule has 0 unspecified atom stereocenters. The highest BCUT2D eigenvalue weighted by molar-refractivity contribution is 9.10. The van der Waals surface area contributed by atoms with Crippen molar-refractivity contribution in [2.75, 3.05) is 13.2 Å². The molecule has 0 atom stereocenters. The average Bonchev–Trinajstić information content (AvgIpc) is 2.64. The molecular weight excluding hydrogens is 400 g/mol. The normalized spacial score (nSPS) is 10.1. The van der Waals surface area contributed by atoms with Crippen LogP contribution < -0.4 is 20.3 Å². The molecule has 6 nitrogen and oxygen atoms in total. The fraction of sp³-hybridized carbons (Fsp3) is 0.263. The lowest BCUT2D eigenvalue weighted by molar-refractivity contribution is -0.123. The molecule has 2 amide bonds. The number of aryl methyl sites for hydroxylation is 1. The third-order valence-corrected chi connectivity index (χ3v) is 4.04. The molecule has 0 saturated carbocycles. The molecule has 2 rings (SSSR count). The van der Waals surface area contributed by atoms with E-state index in [1.165, 1.54) is 0 Å². The maximum atomic E-state index is 12.1. The summed E-state index contributed by atoms with van der Waals surface area (Å²) in [6.45, 7) is 4.31. The Labute approximate surface area is 161 Å². The molecule has 138 valence electrons. The Kier molecular flexibility index (Phi) is 7.47. The molecule has 0 aliphatic rings. The van der Waals surface area contributed by atoms with E-state index in [2.05, 4.69) is 26.8 Å². The summed E-state index contributed by atoms with van der Waals surface area (Å²) in [7, 11) is 0. The highest BCUT2D eigenvalue weighted by Crippen LogP contribution is 2.26. The Balaban J connectivity index is 1.83. The van der Waals surface area contributed by atoms with E-state index < -0.39 is 11.8 Å². The Morgan fingerprint density at radius 2 is 1.81 bits per heavy atom. The van der Waals surface area contributed by atoms with Crippen LogP contribution in [0.4, 0.5) is 0 Å². The summed E-state index contributed by atoms with van der Waals surface area (Å²) in [5.74, 6) is 0.403. The number of halogens is 1. The van der Waals surface area contributed by atoms with Crippen LogP contribution in [0, 0.1) is 6.92 Å². The van der Waals surface area contributed by atoms with Crippen molar-refractivity contribution in [1.29, 1.82) is 0 Å². The number of nitrogens with one attached hydrogen (secondary N) is 2. The molecule has 2 aromatic rings. The first kappa shape index (κ1) is 19.8. The maximum absolute atomic E-state index is 12.1. The maximum Gasteiger partial charge on any atom is 0.276 e. The SMILES string of the molecule is CCCOc1ccc(C(=O)NNC(=O)COc2ccccc2C)cc1Br. The Hall–Kier alpha value is -2.54. The number of hydrogen-bond donors (Lipinski definition) is 2. The summed E-state index contributed by atoms with van der Waals surface area (Å²) in [6.07, 6.45) is 0.894. The predicted octanol–water partition coefficient (Wildman–Crippen LogP) is 3.39. The fourth-order valence-electron chi connectivity index (χ4n) is 2.07. The predicted molar refractivity (Wildman–Crippen MR) is 102 cm³/mol. The van der Waals surface area contributed by atoms with Gasteiger partial charge in [-0.1, -0.05) is 25.1 Å². The lowest BCUT2D eigenvalue weighted by atomic mass is 10.2. The van der Waals surface area contributed by atoms with Crippen LogP contribution in [-0.2, 0) is 4.79 Å². The molecule has 0 aromatic heterocycles. The second-order valence-corrected chi connectivity index (χ2v) is 6.40. The van der Waals surface area contributed by atoms with Crippen molar-refractivity contribution in [3.05, 3.63) is 58.1 Å². The van der Waals surface area contributed by atoms with E-state index in [0.29, 0.717) is 28.1 Å². The quantitative estimate of drug-likeness (QED) is 0.673. The standard InChI is InChI=1S/C19H21BrN2O4/c1-3-10-25-17-9-8-14(11-15(17)20)19(24)22-21-18(23)12-26-16-7-5-4-6-13(16)2/h4-9,11H,3,10,12H2,1-2H3,(H,21,23)(H,22,24). The van der Waals surface area contributed by atoms with Crippen LogP contribution >= 0.6 is 15.9 Å². The highest BCUT2D eigenvalue weighted by Gasteiger charge is 2.11. The molecule has 0 bridgehead atoms. The molecule has 0 fully saturated rings. The third-order valence-electron chi connectivity index (χ3n) is 3.42. The summed E-state index contributed by atoms with van der Waals surface area (Å²) in [6, 6.07) is 12.4. The van der Waals surface area contributed by atoms with Gasteiger partial charge in [-0.25, -0.2) is 0 Å². The number of ether oxygens (including phenoxy) is 2. The molecule has 2 N–H and O–H groups in total. The second-order valence-electron chi connectivity index (χ2n) is 5.55. The number of benzene rings is 2. The third kappa shape index (κ3) is 5.77. The summed E-state index contributed by atoms with van der Waals surface area (Å²) in [5.41, 5.74) is 6.01. The minimum absolute atomic E-state index is 0.196. The first-order chi connectivity index (χ1) is 12.5. The van der Waals surface area contributed by atoms with Gasteiger partial charge in [0.2, 0.25) is 0 Å². The zero-order valence-corrected chi connectivity index (χ0v) is 16.3. The summed E-state index contributed by atoms with van der Waals surface area (Å²) in [4.78, 5) is 23.9. The van der Waals surface area contributed by atoms with E-state index in [9.17, 15) is 9.59 Å². The van der Waals surface area contributed by atoms with Crippen molar-refractivity contribution >= 4 is 27.7 Å². The van der Waals surface area contributed by atoms with E-state index >= 15 is 0 Å². The number of carbonyl (C=O) groups excluding carboxylic acids is 2. The smallest absolute Gasteiger partial charge is 0.276 e. The summed E-state index contributed by atoms with van der Waals surface area (Å²) >= 11 is 3.37. The highest BCUT2D eigenvalue weighted by atomic mass is 79.9. The van der Waals surface area contributed by atoms with Gasteiger partial charge in [-0.3, -0.25) is 20.4 Å². The summed E-state index contributed by atoms with van der Waals surface area (Å²) < 4.78 is 11.6. The van der Waals surface area contributed by atoms with Gasteiger partial charge in [-0.05, 0) is 59.1 Å². The van der Waals surface area contributed by atoms with E-state index in [0.717, 1.165) is 12.0 Å². The van der Waals surface area contributed by atoms with Crippen LogP contribution in [-0.4, -0.2) is 25.0 Å². The fourth-order valence-corrected chi connectivity index (χ4v) is 2.56. The molecule has 26 heavy (non-hydrogen) atoms. The van der Waals surface area contributed by atoms with E-state index in [1.54, 1.807) is 24.3 Å². The van der Waals surface area contributed by atoms with Gasteiger partial charge in [0.25, 0.3) is 11.8 Å². The molecule has 0 radical (unpaired) electrons. The lowest BCUT2D eigenvalue weighted by Gasteiger charge is -2.11. The second kappa shape index (κ2) is 9.82. The number of hydrazine groups is 1. The number of para-hydroxylation sites is 1.